The van der Waals surface area contributed by atoms with E-state index >= 15 is 0 Å². The van der Waals surface area contributed by atoms with Crippen molar-refractivity contribution in [2.45, 2.75) is 0 Å². The second-order valence-corrected chi connectivity index (χ2v) is 5.75. The summed E-state index contributed by atoms with van der Waals surface area (Å²) in [4.78, 5) is 36.9. The fourth-order valence-corrected chi connectivity index (χ4v) is 0. The van der Waals surface area contributed by atoms with Crippen LogP contribution in [0.2, 0.25) is 0 Å². The molecule has 0 aromatic heterocycles. The van der Waals surface area contributed by atoms with Crippen molar-refractivity contribution in [3.8, 4) is 0 Å². The molecule has 10 heavy (non-hydrogen) atoms. The molecule has 50 valence electrons. The van der Waals surface area contributed by atoms with E-state index in [1.165, 1.54) is 0 Å². The Morgan fingerprint density at radius 2 is 0.800 bits per heavy atom. The monoisotopic (exact) mass is 334 g/mol. The number of rotatable bonds is 1. The maximum absolute atomic E-state index is 9.24. The predicted molar refractivity (Wildman–Crippen MR) is 26.7 cm³/mol. The Labute approximate surface area is 131 Å². The van der Waals surface area contributed by atoms with E-state index < -0.39 is 14.6 Å². The van der Waals surface area contributed by atoms with Gasteiger partial charge in [-0.25, -0.2) is 0 Å². The van der Waals surface area contributed by atoms with Gasteiger partial charge in [0.15, 0.2) is 0 Å². The molecule has 0 N–H and O–H groups in total. The first-order valence-corrected chi connectivity index (χ1v) is 5.09. The fraction of sp³-hybridized carbons (Fsp3) is 0. The average molecular weight is 333 g/mol. The molecule has 0 saturated carbocycles. The summed E-state index contributed by atoms with van der Waals surface area (Å²) in [5.74, 6) is 0. The molecule has 6 nitrogen and oxygen atoms in total. The summed E-state index contributed by atoms with van der Waals surface area (Å²) in [5, 5.41) is 0. The van der Waals surface area contributed by atoms with Gasteiger partial charge in [-0.15, -0.1) is 0 Å². The smallest absolute Gasteiger partial charge is 0.807 e. The van der Waals surface area contributed by atoms with Gasteiger partial charge >= 0.3 is 91.0 Å². The predicted octanol–water partition coefficient (Wildman–Crippen LogP) is -4.03. The van der Waals surface area contributed by atoms with Crippen LogP contribution < -0.4 is 19.6 Å². The second-order valence-electron chi connectivity index (χ2n) is 0.937. The van der Waals surface area contributed by atoms with Crippen molar-refractivity contribution in [3.63, 3.8) is 0 Å². The molecule has 0 unspecified atom stereocenters. The molecule has 0 fully saturated rings. The maximum Gasteiger partial charge on any atom is 2.00 e. The molecule has 10 heteroatoms. The van der Waals surface area contributed by atoms with Crippen LogP contribution in [0.4, 0.5) is 0 Å². The normalized spacial score (nSPS) is 11.2. The van der Waals surface area contributed by atoms with E-state index in [1.54, 1.807) is 0 Å². The van der Waals surface area contributed by atoms with Gasteiger partial charge in [-0.2, -0.15) is 0 Å². The largest absolute Gasteiger partial charge is 2.00 e. The average Bonchev–Trinajstić information content (AvgIpc) is 1.25. The van der Waals surface area contributed by atoms with E-state index in [0.717, 1.165) is 0 Å². The second kappa shape index (κ2) is 6.68. The molecule has 0 heterocycles. The van der Waals surface area contributed by atoms with Crippen LogP contribution in [0.5, 0.6) is 0 Å². The van der Waals surface area contributed by atoms with Gasteiger partial charge in [0.1, 0.15) is 0 Å². The Balaban J connectivity index is -0.000000245. The molecule has 0 aliphatic heterocycles. The minimum Gasteiger partial charge on any atom is -0.807 e. The minimum absolute atomic E-state index is 0. The summed E-state index contributed by atoms with van der Waals surface area (Å²) < 4.78 is 18.5. The van der Waals surface area contributed by atoms with Gasteiger partial charge in [0.05, 0.1) is 0 Å². The SMILES string of the molecule is O=P([O-])([O-])P(=O)([O-])[O-].[Sr+2].[Sr+2]. The minimum atomic E-state index is -5.91. The summed E-state index contributed by atoms with van der Waals surface area (Å²) in [5.41, 5.74) is 0. The van der Waals surface area contributed by atoms with Crippen molar-refractivity contribution in [3.05, 3.63) is 0 Å². The zero-order chi connectivity index (χ0) is 7.00. The van der Waals surface area contributed by atoms with E-state index in [4.69, 9.17) is 0 Å². The van der Waals surface area contributed by atoms with Crippen LogP contribution in [0.15, 0.2) is 0 Å². The zero-order valence-corrected chi connectivity index (χ0v) is 13.5. The molecule has 0 atom stereocenters. The van der Waals surface area contributed by atoms with E-state index in [0.29, 0.717) is 0 Å². The molecule has 0 spiro atoms. The first-order valence-electron chi connectivity index (χ1n) is 1.30. The molecular weight excluding hydrogens is 333 g/mol. The number of hydrogen-bond acceptors (Lipinski definition) is 6. The van der Waals surface area contributed by atoms with E-state index in [1.807, 2.05) is 0 Å². The first-order chi connectivity index (χ1) is 3.25. The third-order valence-corrected chi connectivity index (χ3v) is 2.70. The molecule has 0 radical (unpaired) electrons. The van der Waals surface area contributed by atoms with Gasteiger partial charge in [-0.1, -0.05) is 0 Å². The van der Waals surface area contributed by atoms with Crippen LogP contribution >= 0.6 is 14.6 Å². The Hall–Kier alpha value is 3.26. The van der Waals surface area contributed by atoms with Crippen LogP contribution in [-0.2, 0) is 9.13 Å². The van der Waals surface area contributed by atoms with Crippen molar-refractivity contribution >= 4 is 106 Å². The Kier molecular flexibility index (Phi) is 12.6. The molecule has 0 aromatic carbocycles. The van der Waals surface area contributed by atoms with Crippen LogP contribution in [0.1, 0.15) is 0 Å². The summed E-state index contributed by atoms with van der Waals surface area (Å²) in [6.45, 7) is 0. The van der Waals surface area contributed by atoms with Gasteiger partial charge in [0.2, 0.25) is 0 Å². The molecule has 0 aliphatic carbocycles. The van der Waals surface area contributed by atoms with Crippen LogP contribution in [0, 0.1) is 0 Å². The zero-order valence-electron chi connectivity index (χ0n) is 4.76. The fourth-order valence-electron chi connectivity index (χ4n) is 0. The van der Waals surface area contributed by atoms with E-state index in [2.05, 4.69) is 0 Å². The molecule has 0 aliphatic rings. The number of hydrogen-bond donors (Lipinski definition) is 0. The van der Waals surface area contributed by atoms with Crippen molar-refractivity contribution < 1.29 is 28.7 Å². The molecule has 0 bridgehead atoms. The van der Waals surface area contributed by atoms with Crippen LogP contribution in [0.25, 0.3) is 0 Å². The van der Waals surface area contributed by atoms with Gasteiger partial charge in [-0.05, 0) is 14.6 Å². The van der Waals surface area contributed by atoms with Crippen molar-refractivity contribution in [1.29, 1.82) is 0 Å². The molecule has 0 rings (SSSR count). The summed E-state index contributed by atoms with van der Waals surface area (Å²) in [6.07, 6.45) is 0. The third kappa shape index (κ3) is 7.89. The van der Waals surface area contributed by atoms with Gasteiger partial charge < -0.3 is 28.7 Å². The summed E-state index contributed by atoms with van der Waals surface area (Å²) in [7, 11) is -11.8. The van der Waals surface area contributed by atoms with Gasteiger partial charge in [0.25, 0.3) is 0 Å². The maximum atomic E-state index is 9.24. The standard InChI is InChI=1S/H4O6P2.2Sr/c1-7(2,3)8(4,5)6;;/h(H2,1,2,3)(H2,4,5,6);;/q;2*+2/p-4. The Morgan fingerprint density at radius 3 is 0.800 bits per heavy atom. The topological polar surface area (TPSA) is 126 Å². The van der Waals surface area contributed by atoms with Crippen LogP contribution in [-0.4, -0.2) is 91.0 Å². The van der Waals surface area contributed by atoms with E-state index in [9.17, 15) is 28.7 Å². The summed E-state index contributed by atoms with van der Waals surface area (Å²) in [6, 6.07) is 0. The Bertz CT molecular complexity index is 143. The van der Waals surface area contributed by atoms with Gasteiger partial charge in [-0.3, -0.25) is 0 Å². The summed E-state index contributed by atoms with van der Waals surface area (Å²) >= 11 is 0. The molecule has 0 amide bonds. The van der Waals surface area contributed by atoms with Crippen molar-refractivity contribution in [2.24, 2.45) is 0 Å². The van der Waals surface area contributed by atoms with Gasteiger partial charge in [0, 0.05) is 0 Å². The van der Waals surface area contributed by atoms with Crippen LogP contribution in [0.3, 0.4) is 0 Å². The molecule has 0 saturated heterocycles. The first kappa shape index (κ1) is 18.9. The Morgan fingerprint density at radius 1 is 0.700 bits per heavy atom. The third-order valence-electron chi connectivity index (χ3n) is 0.300. The molecular formula is O6P2Sr2. The van der Waals surface area contributed by atoms with Crippen molar-refractivity contribution in [2.75, 3.05) is 0 Å². The van der Waals surface area contributed by atoms with E-state index in [-0.39, 0.29) is 91.0 Å². The quantitative estimate of drug-likeness (QED) is 0.355. The van der Waals surface area contributed by atoms with Crippen molar-refractivity contribution in [1.82, 2.24) is 0 Å². The molecule has 0 aromatic rings.